The summed E-state index contributed by atoms with van der Waals surface area (Å²) in [6.07, 6.45) is -0.0763. The highest BCUT2D eigenvalue weighted by atomic mass is 16.7. The van der Waals surface area contributed by atoms with Gasteiger partial charge < -0.3 is 24.1 Å². The van der Waals surface area contributed by atoms with Crippen LogP contribution in [-0.2, 0) is 14.3 Å². The van der Waals surface area contributed by atoms with E-state index >= 15 is 0 Å². The largest absolute Gasteiger partial charge is 0.457 e. The molecule has 4 rings (SSSR count). The van der Waals surface area contributed by atoms with Crippen molar-refractivity contribution >= 4 is 17.7 Å². The second-order valence-corrected chi connectivity index (χ2v) is 8.11. The number of hydrogen-bond donors (Lipinski definition) is 1. The normalized spacial score (nSPS) is 12.8. The van der Waals surface area contributed by atoms with Gasteiger partial charge in [-0.25, -0.2) is 0 Å². The fraction of sp³-hybridized carbons (Fsp3) is 0.269. The van der Waals surface area contributed by atoms with E-state index in [-0.39, 0.29) is 31.5 Å². The summed E-state index contributed by atoms with van der Waals surface area (Å²) in [5.74, 6) is 0.208. The zero-order chi connectivity index (χ0) is 24.2. The van der Waals surface area contributed by atoms with Crippen molar-refractivity contribution in [3.05, 3.63) is 77.1 Å². The Kier molecular flexibility index (Phi) is 6.67. The Balaban J connectivity index is 1.43. The van der Waals surface area contributed by atoms with Crippen LogP contribution in [0, 0.1) is 13.8 Å². The van der Waals surface area contributed by atoms with Gasteiger partial charge in [-0.05, 0) is 37.6 Å². The summed E-state index contributed by atoms with van der Waals surface area (Å²) in [6.45, 7) is 4.93. The molecule has 0 saturated carbocycles. The van der Waals surface area contributed by atoms with Crippen molar-refractivity contribution in [1.82, 2.24) is 9.88 Å². The summed E-state index contributed by atoms with van der Waals surface area (Å²) < 4.78 is 18.0. The van der Waals surface area contributed by atoms with E-state index < -0.39 is 12.0 Å². The van der Waals surface area contributed by atoms with Crippen molar-refractivity contribution < 1.29 is 28.6 Å². The van der Waals surface area contributed by atoms with Crippen LogP contribution in [-0.4, -0.2) is 35.6 Å². The summed E-state index contributed by atoms with van der Waals surface area (Å²) in [6, 6.07) is 16.0. The van der Waals surface area contributed by atoms with Crippen molar-refractivity contribution in [2.75, 3.05) is 13.4 Å². The van der Waals surface area contributed by atoms with Gasteiger partial charge in [0, 0.05) is 35.6 Å². The molecule has 0 bridgehead atoms. The minimum atomic E-state index is -0.569. The number of fused-ring (bicyclic) bond motifs is 1. The molecular formula is C26H26N2O6. The van der Waals surface area contributed by atoms with Crippen LogP contribution < -0.4 is 14.8 Å². The van der Waals surface area contributed by atoms with Gasteiger partial charge in [-0.1, -0.05) is 30.3 Å². The van der Waals surface area contributed by atoms with Crippen molar-refractivity contribution in [3.8, 4) is 17.2 Å². The molecule has 1 atom stereocenters. The molecule has 176 valence electrons. The molecule has 1 aliphatic rings. The lowest BCUT2D eigenvalue weighted by atomic mass is 10.0. The fourth-order valence-corrected chi connectivity index (χ4v) is 4.10. The molecule has 0 fully saturated rings. The van der Waals surface area contributed by atoms with Gasteiger partial charge in [-0.15, -0.1) is 0 Å². The van der Waals surface area contributed by atoms with Crippen molar-refractivity contribution in [1.29, 1.82) is 0 Å². The van der Waals surface area contributed by atoms with E-state index in [0.717, 1.165) is 22.6 Å². The van der Waals surface area contributed by atoms with Crippen LogP contribution in [0.2, 0.25) is 0 Å². The molecule has 34 heavy (non-hydrogen) atoms. The molecule has 2 heterocycles. The fourth-order valence-electron chi connectivity index (χ4n) is 4.10. The molecule has 8 heteroatoms. The molecular weight excluding hydrogens is 436 g/mol. The Labute approximate surface area is 197 Å². The van der Waals surface area contributed by atoms with Crippen molar-refractivity contribution in [2.24, 2.45) is 0 Å². The zero-order valence-corrected chi connectivity index (χ0v) is 19.3. The van der Waals surface area contributed by atoms with Gasteiger partial charge in [-0.3, -0.25) is 14.4 Å². The number of ether oxygens (including phenoxy) is 3. The third-order valence-electron chi connectivity index (χ3n) is 5.66. The van der Waals surface area contributed by atoms with E-state index in [4.69, 9.17) is 14.2 Å². The number of nitrogens with zero attached hydrogens (tertiary/aromatic N) is 1. The van der Waals surface area contributed by atoms with Crippen LogP contribution in [0.1, 0.15) is 46.7 Å². The average Bonchev–Trinajstić information content (AvgIpc) is 3.40. The number of benzene rings is 2. The number of hydrogen-bond acceptors (Lipinski definition) is 6. The minimum absolute atomic E-state index is 0.0763. The summed E-state index contributed by atoms with van der Waals surface area (Å²) in [5, 5.41) is 2.76. The number of esters is 1. The minimum Gasteiger partial charge on any atom is -0.457 e. The van der Waals surface area contributed by atoms with E-state index in [1.54, 1.807) is 6.07 Å². The van der Waals surface area contributed by atoms with E-state index in [9.17, 15) is 14.4 Å². The molecule has 0 radical (unpaired) electrons. The van der Waals surface area contributed by atoms with Crippen LogP contribution in [0.15, 0.2) is 54.6 Å². The first kappa shape index (κ1) is 23.1. The predicted octanol–water partition coefficient (Wildman–Crippen LogP) is 3.82. The summed E-state index contributed by atoms with van der Waals surface area (Å²) in [7, 11) is 0. The molecule has 8 nitrogen and oxygen atoms in total. The van der Waals surface area contributed by atoms with E-state index in [1.165, 1.54) is 6.92 Å². The summed E-state index contributed by atoms with van der Waals surface area (Å²) >= 11 is 0. The quantitative estimate of drug-likeness (QED) is 0.404. The van der Waals surface area contributed by atoms with Gasteiger partial charge in [0.05, 0.1) is 12.5 Å². The number of amides is 1. The number of aryl methyl sites for hydroxylation is 1. The second kappa shape index (κ2) is 9.82. The Morgan fingerprint density at radius 3 is 2.50 bits per heavy atom. The third-order valence-corrected chi connectivity index (χ3v) is 5.66. The standard InChI is InChI=1S/C26H26N2O6/c1-16-11-21(17(2)28(16)20-9-10-24-25(12-20)34-15-33-24)23(30)14-32-26(31)13-22(27-18(3)29)19-7-5-4-6-8-19/h4-12,22H,13-15H2,1-3H3,(H,27,29). The van der Waals surface area contributed by atoms with Crippen LogP contribution in [0.3, 0.4) is 0 Å². The molecule has 1 aromatic heterocycles. The maximum atomic E-state index is 12.9. The summed E-state index contributed by atoms with van der Waals surface area (Å²) in [4.78, 5) is 36.9. The van der Waals surface area contributed by atoms with Crippen LogP contribution >= 0.6 is 0 Å². The Morgan fingerprint density at radius 2 is 1.76 bits per heavy atom. The topological polar surface area (TPSA) is 95.9 Å². The van der Waals surface area contributed by atoms with Crippen molar-refractivity contribution in [2.45, 2.75) is 33.2 Å². The molecule has 0 saturated heterocycles. The number of carbonyl (C=O) groups excluding carboxylic acids is 3. The first-order chi connectivity index (χ1) is 16.3. The summed E-state index contributed by atoms with van der Waals surface area (Å²) in [5.41, 5.74) is 3.70. The lowest BCUT2D eigenvalue weighted by Gasteiger charge is -2.17. The van der Waals surface area contributed by atoms with E-state index in [0.29, 0.717) is 17.1 Å². The molecule has 1 unspecified atom stereocenters. The van der Waals surface area contributed by atoms with Crippen LogP contribution in [0.4, 0.5) is 0 Å². The van der Waals surface area contributed by atoms with Crippen LogP contribution in [0.25, 0.3) is 5.69 Å². The zero-order valence-electron chi connectivity index (χ0n) is 19.3. The third kappa shape index (κ3) is 4.96. The highest BCUT2D eigenvalue weighted by Gasteiger charge is 2.22. The number of Topliss-reactive ketones (excluding diaryl/α,β-unsaturated/α-hetero) is 1. The molecule has 1 amide bonds. The van der Waals surface area contributed by atoms with Crippen LogP contribution in [0.5, 0.6) is 11.5 Å². The first-order valence-corrected chi connectivity index (χ1v) is 10.9. The van der Waals surface area contributed by atoms with Gasteiger partial charge >= 0.3 is 5.97 Å². The smallest absolute Gasteiger partial charge is 0.308 e. The maximum Gasteiger partial charge on any atom is 0.308 e. The molecule has 3 aromatic rings. The number of aromatic nitrogens is 1. The van der Waals surface area contributed by atoms with Gasteiger partial charge in [0.2, 0.25) is 18.5 Å². The van der Waals surface area contributed by atoms with Gasteiger partial charge in [-0.2, -0.15) is 0 Å². The highest BCUT2D eigenvalue weighted by Crippen LogP contribution is 2.35. The Bertz CT molecular complexity index is 1230. The lowest BCUT2D eigenvalue weighted by molar-refractivity contribution is -0.143. The van der Waals surface area contributed by atoms with E-state index in [2.05, 4.69) is 5.32 Å². The lowest BCUT2D eigenvalue weighted by Crippen LogP contribution is -2.29. The van der Waals surface area contributed by atoms with Crippen molar-refractivity contribution in [3.63, 3.8) is 0 Å². The molecule has 1 N–H and O–H groups in total. The number of nitrogens with one attached hydrogen (secondary N) is 1. The number of carbonyl (C=O) groups is 3. The monoisotopic (exact) mass is 462 g/mol. The highest BCUT2D eigenvalue weighted by molar-refractivity contribution is 5.99. The first-order valence-electron chi connectivity index (χ1n) is 10.9. The maximum absolute atomic E-state index is 12.9. The van der Waals surface area contributed by atoms with Gasteiger partial charge in [0.25, 0.3) is 0 Å². The molecule has 0 aliphatic carbocycles. The Morgan fingerprint density at radius 1 is 1.03 bits per heavy atom. The number of ketones is 1. The second-order valence-electron chi connectivity index (χ2n) is 8.11. The molecule has 2 aromatic carbocycles. The predicted molar refractivity (Wildman–Crippen MR) is 124 cm³/mol. The van der Waals surface area contributed by atoms with Gasteiger partial charge in [0.1, 0.15) is 0 Å². The molecule has 1 aliphatic heterocycles. The SMILES string of the molecule is CC(=O)NC(CC(=O)OCC(=O)c1cc(C)n(-c2ccc3c(c2)OCO3)c1C)c1ccccc1. The van der Waals surface area contributed by atoms with E-state index in [1.807, 2.05) is 66.9 Å². The van der Waals surface area contributed by atoms with Gasteiger partial charge in [0.15, 0.2) is 18.1 Å². The molecule has 0 spiro atoms. The Hall–Kier alpha value is -4.07. The number of rotatable bonds is 8. The average molecular weight is 463 g/mol.